The van der Waals surface area contributed by atoms with E-state index in [9.17, 15) is 9.00 Å². The van der Waals surface area contributed by atoms with E-state index in [1.807, 2.05) is 32.9 Å². The van der Waals surface area contributed by atoms with Crippen LogP contribution in [0.3, 0.4) is 0 Å². The zero-order valence-electron chi connectivity index (χ0n) is 21.4. The molecule has 0 amide bonds. The number of rotatable bonds is 14. The molecule has 1 aliphatic rings. The normalized spacial score (nSPS) is 16.7. The number of allylic oxidation sites excluding steroid dienone is 3. The number of hydrogen-bond donors (Lipinski definition) is 2. The Kier molecular flexibility index (Phi) is 25.1. The monoisotopic (exact) mass is 470 g/mol. The summed E-state index contributed by atoms with van der Waals surface area (Å²) in [6.07, 6.45) is 13.7. The Labute approximate surface area is 201 Å². The Morgan fingerprint density at radius 1 is 1.16 bits per heavy atom. The molecule has 5 nitrogen and oxygen atoms in total. The number of nitrogens with one attached hydrogen (secondary N) is 2. The summed E-state index contributed by atoms with van der Waals surface area (Å²) in [5, 5.41) is 3.37. The molecule has 188 valence electrons. The van der Waals surface area contributed by atoms with Crippen LogP contribution in [-0.2, 0) is 20.5 Å². The highest BCUT2D eigenvalue weighted by atomic mass is 32.2. The van der Waals surface area contributed by atoms with Gasteiger partial charge in [-0.3, -0.25) is 0 Å². The van der Waals surface area contributed by atoms with Crippen molar-refractivity contribution in [3.8, 4) is 0 Å². The van der Waals surface area contributed by atoms with Crippen LogP contribution >= 0.6 is 0 Å². The second kappa shape index (κ2) is 24.4. The van der Waals surface area contributed by atoms with Gasteiger partial charge in [0.2, 0.25) is 0 Å². The number of carbonyl (C=O) groups is 1. The molecule has 0 aliphatic carbocycles. The maximum Gasteiger partial charge on any atom is 0.138 e. The van der Waals surface area contributed by atoms with Gasteiger partial charge in [-0.25, -0.2) is 8.93 Å². The van der Waals surface area contributed by atoms with Gasteiger partial charge in [-0.15, -0.1) is 13.2 Å². The number of piperidine rings is 1. The van der Waals surface area contributed by atoms with E-state index in [0.29, 0.717) is 18.8 Å². The van der Waals surface area contributed by atoms with Crippen molar-refractivity contribution in [2.24, 2.45) is 5.92 Å². The quantitative estimate of drug-likeness (QED) is 0.144. The van der Waals surface area contributed by atoms with E-state index >= 15 is 0 Å². The molecule has 0 aromatic rings. The van der Waals surface area contributed by atoms with Crippen molar-refractivity contribution in [1.29, 1.82) is 0 Å². The highest BCUT2D eigenvalue weighted by Gasteiger charge is 2.11. The lowest BCUT2D eigenvalue weighted by Gasteiger charge is -2.21. The van der Waals surface area contributed by atoms with E-state index in [0.717, 1.165) is 42.8 Å². The lowest BCUT2D eigenvalue weighted by molar-refractivity contribution is -0.109. The van der Waals surface area contributed by atoms with Gasteiger partial charge >= 0.3 is 0 Å². The summed E-state index contributed by atoms with van der Waals surface area (Å²) in [5.41, 5.74) is 1.05. The molecule has 0 aromatic carbocycles. The molecule has 2 atom stereocenters. The molecule has 1 fully saturated rings. The molecule has 1 rings (SSSR count). The number of aldehydes is 1. The van der Waals surface area contributed by atoms with Crippen LogP contribution in [0, 0.1) is 5.92 Å². The summed E-state index contributed by atoms with van der Waals surface area (Å²) in [6.45, 7) is 19.5. The molecule has 6 heteroatoms. The zero-order chi connectivity index (χ0) is 24.6. The first-order valence-electron chi connectivity index (χ1n) is 12.3. The Morgan fingerprint density at radius 2 is 1.81 bits per heavy atom. The molecule has 32 heavy (non-hydrogen) atoms. The first-order valence-corrected chi connectivity index (χ1v) is 13.6. The van der Waals surface area contributed by atoms with Crippen LogP contribution in [0.5, 0.6) is 0 Å². The summed E-state index contributed by atoms with van der Waals surface area (Å²) in [7, 11) is -1.13. The molecule has 0 aromatic heterocycles. The van der Waals surface area contributed by atoms with Crippen molar-refractivity contribution in [3.63, 3.8) is 0 Å². The van der Waals surface area contributed by atoms with Gasteiger partial charge < -0.3 is 14.8 Å². The fourth-order valence-electron chi connectivity index (χ4n) is 3.30. The van der Waals surface area contributed by atoms with Gasteiger partial charge in [-0.1, -0.05) is 51.7 Å². The smallest absolute Gasteiger partial charge is 0.138 e. The average Bonchev–Trinajstić information content (AvgIpc) is 2.82. The number of carbonyl (C=O) groups excluding carboxylic acids is 1. The maximum absolute atomic E-state index is 11.7. The SMILES string of the molecule is C=C.CCCC1CCNCC1.CCCCS(=O)NC(C=O)C/C(C)=C/C=C(\CC)OCC. The molecule has 1 saturated heterocycles. The summed E-state index contributed by atoms with van der Waals surface area (Å²) in [4.78, 5) is 11.1. The lowest BCUT2D eigenvalue weighted by Crippen LogP contribution is -2.33. The Morgan fingerprint density at radius 3 is 2.31 bits per heavy atom. The summed E-state index contributed by atoms with van der Waals surface area (Å²) < 4.78 is 20.1. The average molecular weight is 471 g/mol. The minimum Gasteiger partial charge on any atom is -0.498 e. The summed E-state index contributed by atoms with van der Waals surface area (Å²) in [5.74, 6) is 2.56. The first kappa shape index (κ1) is 32.9. The molecule has 0 radical (unpaired) electrons. The third kappa shape index (κ3) is 19.4. The summed E-state index contributed by atoms with van der Waals surface area (Å²) in [6, 6.07) is -0.399. The minimum absolute atomic E-state index is 0.399. The molecule has 2 N–H and O–H groups in total. The van der Waals surface area contributed by atoms with Crippen molar-refractivity contribution < 1.29 is 13.7 Å². The zero-order valence-corrected chi connectivity index (χ0v) is 22.2. The van der Waals surface area contributed by atoms with Gasteiger partial charge in [0.1, 0.15) is 6.29 Å². The fourth-order valence-corrected chi connectivity index (χ4v) is 4.45. The van der Waals surface area contributed by atoms with Gasteiger partial charge in [-0.05, 0) is 64.6 Å². The molecule has 1 aliphatic heterocycles. The largest absolute Gasteiger partial charge is 0.498 e. The molecule has 1 heterocycles. The highest BCUT2D eigenvalue weighted by molar-refractivity contribution is 7.83. The predicted octanol–water partition coefficient (Wildman–Crippen LogP) is 5.86. The second-order valence-electron chi connectivity index (χ2n) is 7.88. The fraction of sp³-hybridized carbons (Fsp3) is 0.731. The van der Waals surface area contributed by atoms with Crippen molar-refractivity contribution in [1.82, 2.24) is 10.0 Å². The van der Waals surface area contributed by atoms with Crippen LogP contribution in [0.15, 0.2) is 36.6 Å². The topological polar surface area (TPSA) is 67.4 Å². The molecular weight excluding hydrogens is 420 g/mol. The van der Waals surface area contributed by atoms with Gasteiger partial charge in [0.25, 0.3) is 0 Å². The third-order valence-electron chi connectivity index (χ3n) is 5.06. The number of ether oxygens (including phenoxy) is 1. The van der Waals surface area contributed by atoms with Crippen LogP contribution in [0.1, 0.15) is 86.0 Å². The van der Waals surface area contributed by atoms with Gasteiger partial charge in [0, 0.05) is 12.2 Å². The van der Waals surface area contributed by atoms with E-state index in [1.54, 1.807) is 0 Å². The van der Waals surface area contributed by atoms with Crippen LogP contribution in [0.2, 0.25) is 0 Å². The second-order valence-corrected chi connectivity index (χ2v) is 9.22. The van der Waals surface area contributed by atoms with Gasteiger partial charge in [0.05, 0.1) is 29.4 Å². The van der Waals surface area contributed by atoms with Crippen molar-refractivity contribution in [3.05, 3.63) is 36.6 Å². The van der Waals surface area contributed by atoms with Crippen molar-refractivity contribution in [2.45, 2.75) is 92.0 Å². The predicted molar refractivity (Wildman–Crippen MR) is 141 cm³/mol. The molecule has 2 unspecified atom stereocenters. The minimum atomic E-state index is -1.13. The van der Waals surface area contributed by atoms with Crippen LogP contribution in [0.25, 0.3) is 0 Å². The van der Waals surface area contributed by atoms with E-state index in [-0.39, 0.29) is 0 Å². The standard InChI is InChI=1S/C16H29NO3S.C8H17N.C2H4/c1-5-8-11-21(19)17-15(13-18)12-14(4)9-10-16(6-2)20-7-3;1-2-3-8-4-6-9-7-5-8;1-2/h9-10,13,15,17H,5-8,11-12H2,1-4H3;8-9H,2-7H2,1H3;1-2H2/b14-9+,16-10+;;. The van der Waals surface area contributed by atoms with Crippen LogP contribution < -0.4 is 10.0 Å². The van der Waals surface area contributed by atoms with Crippen molar-refractivity contribution in [2.75, 3.05) is 25.4 Å². The van der Waals surface area contributed by atoms with E-state index in [1.165, 1.54) is 38.8 Å². The Balaban J connectivity index is 0. The Bertz CT molecular complexity index is 526. The third-order valence-corrected chi connectivity index (χ3v) is 6.28. The number of unbranched alkanes of at least 4 members (excludes halogenated alkanes) is 1. The number of hydrogen-bond acceptors (Lipinski definition) is 4. The van der Waals surface area contributed by atoms with Gasteiger partial charge in [-0.2, -0.15) is 0 Å². The molecular formula is C26H50N2O3S. The molecule has 0 spiro atoms. The van der Waals surface area contributed by atoms with E-state index in [4.69, 9.17) is 4.74 Å². The lowest BCUT2D eigenvalue weighted by atomic mass is 9.94. The van der Waals surface area contributed by atoms with Gasteiger partial charge in [0.15, 0.2) is 0 Å². The molecule has 0 bridgehead atoms. The van der Waals surface area contributed by atoms with Crippen molar-refractivity contribution >= 4 is 17.3 Å². The molecule has 0 saturated carbocycles. The Hall–Kier alpha value is -1.24. The maximum atomic E-state index is 11.7. The van der Waals surface area contributed by atoms with Crippen LogP contribution in [-0.4, -0.2) is 42.0 Å². The van der Waals surface area contributed by atoms with E-state index in [2.05, 4.69) is 37.0 Å². The summed E-state index contributed by atoms with van der Waals surface area (Å²) >= 11 is 0. The van der Waals surface area contributed by atoms with Crippen LogP contribution in [0.4, 0.5) is 0 Å². The van der Waals surface area contributed by atoms with E-state index < -0.39 is 17.0 Å². The highest BCUT2D eigenvalue weighted by Crippen LogP contribution is 2.16. The first-order chi connectivity index (χ1) is 15.5.